The number of hydrogen-bond donors (Lipinski definition) is 1. The van der Waals surface area contributed by atoms with Crippen LogP contribution in [-0.4, -0.2) is 18.8 Å². The van der Waals surface area contributed by atoms with E-state index in [1.54, 1.807) is 30.3 Å². The zero-order chi connectivity index (χ0) is 17.1. The van der Waals surface area contributed by atoms with Gasteiger partial charge in [-0.2, -0.15) is 0 Å². The molecule has 0 saturated heterocycles. The van der Waals surface area contributed by atoms with Crippen LogP contribution in [0.2, 0.25) is 0 Å². The highest BCUT2D eigenvalue weighted by molar-refractivity contribution is 6.11. The number of nitrogens with one attached hydrogen (secondary N) is 1. The molecular weight excluding hydrogens is 302 g/mol. The van der Waals surface area contributed by atoms with Gasteiger partial charge in [0.1, 0.15) is 5.75 Å². The van der Waals surface area contributed by atoms with Gasteiger partial charge in [0.05, 0.1) is 18.4 Å². The number of ketones is 1. The number of ether oxygens (including phenoxy) is 1. The minimum absolute atomic E-state index is 0.101. The quantitative estimate of drug-likeness (QED) is 0.729. The Morgan fingerprint density at radius 3 is 2.17 bits per heavy atom. The monoisotopic (exact) mass is 319 g/mol. The molecule has 120 valence electrons. The number of benzene rings is 3. The molecule has 3 aromatic carbocycles. The van der Waals surface area contributed by atoms with Gasteiger partial charge in [0.25, 0.3) is 5.91 Å². The number of carbonyl (C=O) groups excluding carboxylic acids is 2. The number of carbonyl (C=O) groups is 2. The van der Waals surface area contributed by atoms with Crippen LogP contribution in [-0.2, 0) is 0 Å². The van der Waals surface area contributed by atoms with E-state index in [-0.39, 0.29) is 11.7 Å². The second-order valence-corrected chi connectivity index (χ2v) is 5.46. The average Bonchev–Trinajstić information content (AvgIpc) is 2.60. The molecule has 0 unspecified atom stereocenters. The van der Waals surface area contributed by atoms with Crippen molar-refractivity contribution < 1.29 is 14.3 Å². The van der Waals surface area contributed by atoms with E-state index >= 15 is 0 Å². The molecule has 0 aromatic heterocycles. The van der Waals surface area contributed by atoms with E-state index in [9.17, 15) is 9.59 Å². The van der Waals surface area contributed by atoms with E-state index in [4.69, 9.17) is 4.74 Å². The van der Waals surface area contributed by atoms with Gasteiger partial charge in [-0.25, -0.2) is 0 Å². The fraction of sp³-hybridized carbons (Fsp3) is 0.100. The molecule has 0 aliphatic carbocycles. The minimum Gasteiger partial charge on any atom is -0.496 e. The number of hydrogen-bond acceptors (Lipinski definition) is 3. The minimum atomic E-state index is -0.314. The van der Waals surface area contributed by atoms with E-state index in [1.807, 2.05) is 30.3 Å². The number of fused-ring (bicyclic) bond motifs is 1. The number of methoxy groups -OCH3 is 1. The molecule has 3 aromatic rings. The molecule has 0 fully saturated rings. The summed E-state index contributed by atoms with van der Waals surface area (Å²) in [7, 11) is 1.53. The number of Topliss-reactive ketones (excluding diaryl/α,β-unsaturated/α-hetero) is 1. The summed E-state index contributed by atoms with van der Waals surface area (Å²) in [5.74, 6) is 0.0779. The van der Waals surface area contributed by atoms with Gasteiger partial charge in [0, 0.05) is 5.56 Å². The van der Waals surface area contributed by atoms with Crippen LogP contribution in [0.1, 0.15) is 27.6 Å². The third-order valence-electron chi connectivity index (χ3n) is 3.87. The summed E-state index contributed by atoms with van der Waals surface area (Å²) >= 11 is 0. The fourth-order valence-electron chi connectivity index (χ4n) is 2.65. The first-order chi connectivity index (χ1) is 11.6. The average molecular weight is 319 g/mol. The molecule has 3 rings (SSSR count). The molecule has 4 nitrogen and oxygen atoms in total. The lowest BCUT2D eigenvalue weighted by molar-refractivity contribution is 0.101. The highest BCUT2D eigenvalue weighted by atomic mass is 16.5. The van der Waals surface area contributed by atoms with Crippen LogP contribution < -0.4 is 10.1 Å². The van der Waals surface area contributed by atoms with E-state index in [0.29, 0.717) is 22.6 Å². The normalized spacial score (nSPS) is 10.4. The molecule has 4 heteroatoms. The van der Waals surface area contributed by atoms with Crippen molar-refractivity contribution in [3.05, 3.63) is 71.8 Å². The van der Waals surface area contributed by atoms with E-state index in [0.717, 1.165) is 10.8 Å². The summed E-state index contributed by atoms with van der Waals surface area (Å²) in [6.45, 7) is 1.47. The topological polar surface area (TPSA) is 55.4 Å². The van der Waals surface area contributed by atoms with Crippen molar-refractivity contribution in [2.75, 3.05) is 12.4 Å². The molecule has 0 saturated carbocycles. The maximum atomic E-state index is 12.7. The van der Waals surface area contributed by atoms with Crippen LogP contribution in [0.5, 0.6) is 5.75 Å². The molecule has 0 bridgehead atoms. The summed E-state index contributed by atoms with van der Waals surface area (Å²) in [6.07, 6.45) is 0. The lowest BCUT2D eigenvalue weighted by atomic mass is 10.0. The lowest BCUT2D eigenvalue weighted by Crippen LogP contribution is -2.15. The first-order valence-electron chi connectivity index (χ1n) is 7.58. The van der Waals surface area contributed by atoms with Crippen molar-refractivity contribution in [2.24, 2.45) is 0 Å². The predicted octanol–water partition coefficient (Wildman–Crippen LogP) is 4.30. The third-order valence-corrected chi connectivity index (χ3v) is 3.87. The largest absolute Gasteiger partial charge is 0.496 e. The number of anilines is 1. The highest BCUT2D eigenvalue weighted by Crippen LogP contribution is 2.27. The van der Waals surface area contributed by atoms with Gasteiger partial charge >= 0.3 is 0 Å². The zero-order valence-electron chi connectivity index (χ0n) is 13.5. The van der Waals surface area contributed by atoms with Crippen LogP contribution in [0.3, 0.4) is 0 Å². The maximum Gasteiger partial charge on any atom is 0.259 e. The number of amides is 1. The summed E-state index contributed by atoms with van der Waals surface area (Å²) in [5.41, 5.74) is 1.39. The van der Waals surface area contributed by atoms with Crippen molar-refractivity contribution in [3.8, 4) is 5.75 Å². The molecule has 0 aliphatic rings. The van der Waals surface area contributed by atoms with Crippen molar-refractivity contribution in [1.82, 2.24) is 0 Å². The predicted molar refractivity (Wildman–Crippen MR) is 94.9 cm³/mol. The molecule has 0 radical (unpaired) electrons. The number of para-hydroxylation sites is 1. The number of rotatable bonds is 4. The molecule has 24 heavy (non-hydrogen) atoms. The van der Waals surface area contributed by atoms with Gasteiger partial charge < -0.3 is 10.1 Å². The Bertz CT molecular complexity index is 931. The van der Waals surface area contributed by atoms with Crippen molar-refractivity contribution in [1.29, 1.82) is 0 Å². The van der Waals surface area contributed by atoms with Gasteiger partial charge in [-0.3, -0.25) is 9.59 Å². The van der Waals surface area contributed by atoms with Crippen LogP contribution in [0.15, 0.2) is 60.7 Å². The molecule has 1 amide bonds. The third kappa shape index (κ3) is 2.99. The summed E-state index contributed by atoms with van der Waals surface area (Å²) < 4.78 is 5.36. The molecule has 0 heterocycles. The van der Waals surface area contributed by atoms with Gasteiger partial charge in [-0.1, -0.05) is 36.4 Å². The van der Waals surface area contributed by atoms with E-state index in [2.05, 4.69) is 5.32 Å². The molecule has 1 N–H and O–H groups in total. The smallest absolute Gasteiger partial charge is 0.259 e. The van der Waals surface area contributed by atoms with Crippen molar-refractivity contribution in [2.45, 2.75) is 6.92 Å². The molecular formula is C20H17NO3. The Morgan fingerprint density at radius 1 is 0.875 bits per heavy atom. The lowest BCUT2D eigenvalue weighted by Gasteiger charge is -2.12. The van der Waals surface area contributed by atoms with Crippen LogP contribution in [0.25, 0.3) is 10.8 Å². The Balaban J connectivity index is 2.01. The second-order valence-electron chi connectivity index (χ2n) is 5.46. The Hall–Kier alpha value is -3.14. The van der Waals surface area contributed by atoms with E-state index in [1.165, 1.54) is 14.0 Å². The van der Waals surface area contributed by atoms with Crippen LogP contribution >= 0.6 is 0 Å². The Labute approximate surface area is 140 Å². The van der Waals surface area contributed by atoms with Crippen LogP contribution in [0, 0.1) is 0 Å². The van der Waals surface area contributed by atoms with Gasteiger partial charge in [0.2, 0.25) is 0 Å². The SMILES string of the molecule is COc1cc2ccccc2cc1C(=O)Nc1ccccc1C(C)=O. The van der Waals surface area contributed by atoms with Crippen molar-refractivity contribution in [3.63, 3.8) is 0 Å². The van der Waals surface area contributed by atoms with Crippen molar-refractivity contribution >= 4 is 28.2 Å². The second kappa shape index (κ2) is 6.54. The first-order valence-corrected chi connectivity index (χ1v) is 7.58. The Kier molecular flexibility index (Phi) is 4.29. The maximum absolute atomic E-state index is 12.7. The van der Waals surface area contributed by atoms with Gasteiger partial charge in [-0.05, 0) is 42.0 Å². The van der Waals surface area contributed by atoms with Gasteiger partial charge in [0.15, 0.2) is 5.78 Å². The van der Waals surface area contributed by atoms with Crippen LogP contribution in [0.4, 0.5) is 5.69 Å². The first kappa shape index (κ1) is 15.7. The fourth-order valence-corrected chi connectivity index (χ4v) is 2.65. The van der Waals surface area contributed by atoms with E-state index < -0.39 is 0 Å². The summed E-state index contributed by atoms with van der Waals surface area (Å²) in [4.78, 5) is 24.4. The summed E-state index contributed by atoms with van der Waals surface area (Å²) in [6, 6.07) is 18.3. The zero-order valence-corrected chi connectivity index (χ0v) is 13.5. The molecule has 0 aliphatic heterocycles. The highest BCUT2D eigenvalue weighted by Gasteiger charge is 2.16. The molecule has 0 spiro atoms. The summed E-state index contributed by atoms with van der Waals surface area (Å²) in [5, 5.41) is 4.75. The standard InChI is InChI=1S/C20H17NO3/c1-13(22)16-9-5-6-10-18(16)21-20(23)17-11-14-7-3-4-8-15(14)12-19(17)24-2/h3-12H,1-2H3,(H,21,23). The molecule has 0 atom stereocenters. The Morgan fingerprint density at radius 2 is 1.50 bits per heavy atom. The van der Waals surface area contributed by atoms with Gasteiger partial charge in [-0.15, -0.1) is 0 Å².